The number of imidazole rings is 1. The molecule has 34 heavy (non-hydrogen) atoms. The molecule has 2 unspecified atom stereocenters. The summed E-state index contributed by atoms with van der Waals surface area (Å²) < 4.78 is 15.9. The van der Waals surface area contributed by atoms with Crippen molar-refractivity contribution in [1.29, 1.82) is 0 Å². The van der Waals surface area contributed by atoms with Crippen LogP contribution < -0.4 is 10.2 Å². The summed E-state index contributed by atoms with van der Waals surface area (Å²) in [4.78, 5) is 28.3. The molecule has 3 aliphatic heterocycles. The second kappa shape index (κ2) is 7.95. The number of aliphatic imine (C=N–C) groups is 1. The van der Waals surface area contributed by atoms with Crippen LogP contribution in [0.1, 0.15) is 18.2 Å². The van der Waals surface area contributed by atoms with Crippen LogP contribution in [0.5, 0.6) is 0 Å². The summed E-state index contributed by atoms with van der Waals surface area (Å²) in [6, 6.07) is 10.5. The maximum Gasteiger partial charge on any atom is 0.329 e. The lowest BCUT2D eigenvalue weighted by Crippen LogP contribution is -2.49. The van der Waals surface area contributed by atoms with Gasteiger partial charge in [0.15, 0.2) is 5.82 Å². The van der Waals surface area contributed by atoms with E-state index >= 15 is 0 Å². The van der Waals surface area contributed by atoms with E-state index in [2.05, 4.69) is 23.3 Å². The van der Waals surface area contributed by atoms with Gasteiger partial charge in [0.2, 0.25) is 0 Å². The number of carbonyl (C=O) groups excluding carboxylic acids is 1. The number of anilines is 1. The van der Waals surface area contributed by atoms with E-state index < -0.39 is 0 Å². The lowest BCUT2D eigenvalue weighted by atomic mass is 9.96. The first-order chi connectivity index (χ1) is 16.4. The first-order valence-corrected chi connectivity index (χ1v) is 11.5. The third kappa shape index (κ3) is 3.62. The lowest BCUT2D eigenvalue weighted by Gasteiger charge is -2.28. The van der Waals surface area contributed by atoms with Crippen molar-refractivity contribution in [2.75, 3.05) is 24.7 Å². The third-order valence-corrected chi connectivity index (χ3v) is 6.88. The van der Waals surface area contributed by atoms with Gasteiger partial charge >= 0.3 is 6.03 Å². The molecule has 0 bridgehead atoms. The molecule has 8 nitrogen and oxygen atoms in total. The summed E-state index contributed by atoms with van der Waals surface area (Å²) in [7, 11) is 0. The van der Waals surface area contributed by atoms with Crippen molar-refractivity contribution in [3.8, 4) is 0 Å². The fourth-order valence-electron chi connectivity index (χ4n) is 5.12. The van der Waals surface area contributed by atoms with Gasteiger partial charge in [-0.15, -0.1) is 0 Å². The molecule has 1 N–H and O–H groups in total. The fourth-order valence-corrected chi connectivity index (χ4v) is 5.12. The minimum atomic E-state index is -0.303. The minimum absolute atomic E-state index is 0.119. The van der Waals surface area contributed by atoms with E-state index in [4.69, 9.17) is 9.98 Å². The molecule has 174 valence electrons. The number of carbonyl (C=O) groups is 1. The number of benzene rings is 1. The van der Waals surface area contributed by atoms with E-state index in [0.717, 1.165) is 42.2 Å². The maximum absolute atomic E-state index is 13.8. The first-order valence-electron chi connectivity index (χ1n) is 11.5. The van der Waals surface area contributed by atoms with Crippen molar-refractivity contribution in [2.24, 2.45) is 16.8 Å². The van der Waals surface area contributed by atoms with Crippen LogP contribution in [0, 0.1) is 24.6 Å². The van der Waals surface area contributed by atoms with Crippen molar-refractivity contribution in [3.63, 3.8) is 0 Å². The van der Waals surface area contributed by atoms with Crippen LogP contribution in [0.3, 0.4) is 0 Å². The van der Waals surface area contributed by atoms with Crippen molar-refractivity contribution in [1.82, 2.24) is 24.5 Å². The number of pyridine rings is 1. The van der Waals surface area contributed by atoms with E-state index in [1.165, 1.54) is 12.1 Å². The normalized spacial score (nSPS) is 22.7. The predicted octanol–water partition coefficient (Wildman–Crippen LogP) is 3.55. The standard InChI is InChI=1S/C25H26FN7O/c1-16-6-7-18(26)9-21(16)32-14-23-28-24(29-25(34)33(23)15-32)20-13-30(10-17(20)2)11-19-12-31-8-4-3-5-22(31)27-19/h3-9,12,14,17,20H,10-11,13,15H2,1-2H3,(H,28,29,34). The van der Waals surface area contributed by atoms with E-state index in [0.29, 0.717) is 24.2 Å². The number of urea groups is 1. The van der Waals surface area contributed by atoms with Gasteiger partial charge in [-0.3, -0.25) is 15.1 Å². The molecule has 1 aromatic carbocycles. The lowest BCUT2D eigenvalue weighted by molar-refractivity contribution is 0.216. The van der Waals surface area contributed by atoms with Gasteiger partial charge in [-0.25, -0.2) is 19.2 Å². The number of fused-ring (bicyclic) bond motifs is 2. The summed E-state index contributed by atoms with van der Waals surface area (Å²) in [6.07, 6.45) is 5.90. The quantitative estimate of drug-likeness (QED) is 0.648. The monoisotopic (exact) mass is 459 g/mol. The molecule has 2 atom stereocenters. The molecule has 0 radical (unpaired) electrons. The Labute approximate surface area is 197 Å². The number of aromatic nitrogens is 2. The van der Waals surface area contributed by atoms with E-state index in [-0.39, 0.29) is 17.8 Å². The Morgan fingerprint density at radius 3 is 2.94 bits per heavy atom. The number of rotatable bonds is 4. The number of hydrogen-bond acceptors (Lipinski definition) is 5. The maximum atomic E-state index is 13.8. The zero-order valence-corrected chi connectivity index (χ0v) is 19.1. The number of amidine groups is 1. The van der Waals surface area contributed by atoms with Crippen molar-refractivity contribution >= 4 is 23.2 Å². The van der Waals surface area contributed by atoms with E-state index in [1.807, 2.05) is 46.8 Å². The largest absolute Gasteiger partial charge is 0.329 e. The van der Waals surface area contributed by atoms with Crippen LogP contribution in [0.4, 0.5) is 14.9 Å². The van der Waals surface area contributed by atoms with E-state index in [9.17, 15) is 9.18 Å². The Bertz CT molecular complexity index is 1310. The molecule has 1 saturated heterocycles. The minimum Gasteiger partial charge on any atom is -0.325 e. The number of halogens is 1. The van der Waals surface area contributed by atoms with Crippen LogP contribution in [-0.4, -0.2) is 50.8 Å². The highest BCUT2D eigenvalue weighted by Gasteiger charge is 2.39. The van der Waals surface area contributed by atoms with Crippen LogP contribution in [0.25, 0.3) is 5.65 Å². The first kappa shape index (κ1) is 20.9. The predicted molar refractivity (Wildman–Crippen MR) is 127 cm³/mol. The number of aryl methyl sites for hydroxylation is 1. The van der Waals surface area contributed by atoms with Gasteiger partial charge in [0.1, 0.15) is 24.0 Å². The number of nitrogens with zero attached hydrogens (tertiary/aromatic N) is 6. The average molecular weight is 460 g/mol. The van der Waals surface area contributed by atoms with Gasteiger partial charge in [0.25, 0.3) is 0 Å². The highest BCUT2D eigenvalue weighted by molar-refractivity contribution is 6.02. The molecule has 1 fully saturated rings. The Kier molecular flexibility index (Phi) is 4.88. The molecule has 5 heterocycles. The second-order valence-electron chi connectivity index (χ2n) is 9.36. The van der Waals surface area contributed by atoms with Crippen LogP contribution in [-0.2, 0) is 6.54 Å². The molecule has 0 spiro atoms. The fraction of sp³-hybridized carbons (Fsp3) is 0.320. The van der Waals surface area contributed by atoms with Crippen molar-refractivity contribution in [2.45, 2.75) is 20.4 Å². The molecule has 6 rings (SSSR count). The molecular formula is C25H26FN7O. The highest BCUT2D eigenvalue weighted by atomic mass is 19.1. The number of nitrogens with one attached hydrogen (secondary N) is 1. The Morgan fingerprint density at radius 1 is 1.21 bits per heavy atom. The summed E-state index contributed by atoms with van der Waals surface area (Å²) in [5.74, 6) is 1.45. The summed E-state index contributed by atoms with van der Waals surface area (Å²) in [5, 5.41) is 3.01. The number of likely N-dealkylation sites (tertiary alicyclic amines) is 1. The van der Waals surface area contributed by atoms with Crippen LogP contribution in [0.15, 0.2) is 65.8 Å². The molecular weight excluding hydrogens is 433 g/mol. The van der Waals surface area contributed by atoms with Crippen LogP contribution in [0.2, 0.25) is 0 Å². The molecule has 3 aromatic rings. The van der Waals surface area contributed by atoms with Crippen molar-refractivity contribution < 1.29 is 9.18 Å². The molecule has 0 saturated carbocycles. The molecule has 2 amide bonds. The SMILES string of the molecule is Cc1ccc(F)cc1N1C=C2N=C(C3CN(Cc4cn5ccccc5n4)CC3C)NC(=O)N2C1. The molecule has 9 heteroatoms. The second-order valence-corrected chi connectivity index (χ2v) is 9.36. The van der Waals surface area contributed by atoms with Gasteiger partial charge in [-0.05, 0) is 42.7 Å². The van der Waals surface area contributed by atoms with Crippen molar-refractivity contribution in [3.05, 3.63) is 77.9 Å². The smallest absolute Gasteiger partial charge is 0.325 e. The van der Waals surface area contributed by atoms with E-state index in [1.54, 1.807) is 11.0 Å². The van der Waals surface area contributed by atoms with Gasteiger partial charge in [0.05, 0.1) is 5.69 Å². The summed E-state index contributed by atoms with van der Waals surface area (Å²) >= 11 is 0. The highest BCUT2D eigenvalue weighted by Crippen LogP contribution is 2.32. The molecule has 3 aliphatic rings. The molecule has 2 aromatic heterocycles. The Morgan fingerprint density at radius 2 is 2.09 bits per heavy atom. The number of hydrogen-bond donors (Lipinski definition) is 1. The van der Waals surface area contributed by atoms with Gasteiger partial charge < -0.3 is 9.30 Å². The zero-order chi connectivity index (χ0) is 23.4. The van der Waals surface area contributed by atoms with Gasteiger partial charge in [-0.2, -0.15) is 0 Å². The average Bonchev–Trinajstić information content (AvgIpc) is 3.51. The van der Waals surface area contributed by atoms with Crippen LogP contribution >= 0.6 is 0 Å². The third-order valence-electron chi connectivity index (χ3n) is 6.88. The summed E-state index contributed by atoms with van der Waals surface area (Å²) in [6.45, 7) is 6.89. The van der Waals surface area contributed by atoms with Gasteiger partial charge in [0, 0.05) is 49.8 Å². The summed E-state index contributed by atoms with van der Waals surface area (Å²) in [5.41, 5.74) is 3.64. The number of amides is 2. The topological polar surface area (TPSA) is 68.5 Å². The Hall–Kier alpha value is -3.72. The zero-order valence-electron chi connectivity index (χ0n) is 19.1. The van der Waals surface area contributed by atoms with Gasteiger partial charge in [-0.1, -0.05) is 19.1 Å². The Balaban J connectivity index is 1.21. The molecule has 0 aliphatic carbocycles.